The first kappa shape index (κ1) is 13.0. The van der Waals surface area contributed by atoms with E-state index in [1.807, 2.05) is 30.3 Å². The van der Waals surface area contributed by atoms with E-state index in [2.05, 4.69) is 10.2 Å². The van der Waals surface area contributed by atoms with Gasteiger partial charge in [-0.1, -0.05) is 18.2 Å². The Hall–Kier alpha value is -1.47. The van der Waals surface area contributed by atoms with E-state index in [1.54, 1.807) is 11.5 Å². The lowest BCUT2D eigenvalue weighted by Gasteiger charge is -2.11. The summed E-state index contributed by atoms with van der Waals surface area (Å²) in [6, 6.07) is 9.30. The Morgan fingerprint density at radius 1 is 1.33 bits per heavy atom. The molecule has 0 saturated heterocycles. The van der Waals surface area contributed by atoms with Crippen LogP contribution in [0.4, 0.5) is 0 Å². The highest BCUT2D eigenvalue weighted by Crippen LogP contribution is 2.22. The molecule has 18 heavy (non-hydrogen) atoms. The maximum absolute atomic E-state index is 11.6. The Labute approximate surface area is 110 Å². The molecule has 1 unspecified atom stereocenters. The first-order chi connectivity index (χ1) is 8.41. The van der Waals surface area contributed by atoms with Gasteiger partial charge in [0.1, 0.15) is 5.25 Å². The van der Waals surface area contributed by atoms with Crippen LogP contribution < -0.4 is 0 Å². The molecule has 2 rings (SSSR count). The van der Waals surface area contributed by atoms with Crippen LogP contribution in [0.5, 0.6) is 0 Å². The lowest BCUT2D eigenvalue weighted by molar-refractivity contribution is 0.588. The average Bonchev–Trinajstić information content (AvgIpc) is 2.70. The van der Waals surface area contributed by atoms with E-state index in [4.69, 9.17) is 12.2 Å². The van der Waals surface area contributed by atoms with E-state index in [-0.39, 0.29) is 0 Å². The Balaban J connectivity index is 2.63. The first-order valence-electron chi connectivity index (χ1n) is 5.33. The quantitative estimate of drug-likeness (QED) is 0.875. The standard InChI is InChI=1S/C11H13N3O2S2/c1-8(18(2,15)16)10-12-13-11(17)14(10)9-6-4-3-5-7-9/h3-8H,1-2H3,(H,13,17). The van der Waals surface area contributed by atoms with Crippen molar-refractivity contribution in [3.63, 3.8) is 0 Å². The van der Waals surface area contributed by atoms with Crippen molar-refractivity contribution in [1.29, 1.82) is 0 Å². The van der Waals surface area contributed by atoms with Gasteiger partial charge < -0.3 is 0 Å². The number of H-pyrrole nitrogens is 1. The Morgan fingerprint density at radius 2 is 1.94 bits per heavy atom. The van der Waals surface area contributed by atoms with Crippen LogP contribution in [-0.2, 0) is 9.84 Å². The third-order valence-corrected chi connectivity index (χ3v) is 4.49. The van der Waals surface area contributed by atoms with E-state index in [0.29, 0.717) is 10.6 Å². The van der Waals surface area contributed by atoms with Gasteiger partial charge in [0.2, 0.25) is 0 Å². The van der Waals surface area contributed by atoms with Crippen LogP contribution in [0, 0.1) is 4.77 Å². The smallest absolute Gasteiger partial charge is 0.199 e. The van der Waals surface area contributed by atoms with Gasteiger partial charge in [-0.15, -0.1) is 0 Å². The zero-order valence-electron chi connectivity index (χ0n) is 9.99. The fourth-order valence-electron chi connectivity index (χ4n) is 1.60. The topological polar surface area (TPSA) is 67.8 Å². The number of hydrogen-bond donors (Lipinski definition) is 1. The van der Waals surface area contributed by atoms with Crippen molar-refractivity contribution in [1.82, 2.24) is 14.8 Å². The summed E-state index contributed by atoms with van der Waals surface area (Å²) in [7, 11) is -3.22. The molecule has 0 aliphatic carbocycles. The molecule has 7 heteroatoms. The molecule has 0 aliphatic rings. The van der Waals surface area contributed by atoms with E-state index in [9.17, 15) is 8.42 Å². The zero-order chi connectivity index (χ0) is 13.3. The maximum atomic E-state index is 11.6. The molecule has 0 fully saturated rings. The fourth-order valence-corrected chi connectivity index (χ4v) is 2.39. The fraction of sp³-hybridized carbons (Fsp3) is 0.273. The van der Waals surface area contributed by atoms with Crippen LogP contribution in [0.1, 0.15) is 18.0 Å². The molecule has 0 spiro atoms. The Kier molecular flexibility index (Phi) is 3.36. The third kappa shape index (κ3) is 2.37. The summed E-state index contributed by atoms with van der Waals surface area (Å²) in [6.45, 7) is 1.60. The Morgan fingerprint density at radius 3 is 2.50 bits per heavy atom. The minimum Gasteiger partial charge on any atom is -0.271 e. The van der Waals surface area contributed by atoms with Crippen LogP contribution in [0.15, 0.2) is 30.3 Å². The number of para-hydroxylation sites is 1. The van der Waals surface area contributed by atoms with Crippen molar-refractivity contribution in [2.24, 2.45) is 0 Å². The number of nitrogens with zero attached hydrogens (tertiary/aromatic N) is 2. The SMILES string of the molecule is CC(c1n[nH]c(=S)n1-c1ccccc1)S(C)(=O)=O. The molecule has 0 amide bonds. The zero-order valence-corrected chi connectivity index (χ0v) is 11.6. The monoisotopic (exact) mass is 283 g/mol. The summed E-state index contributed by atoms with van der Waals surface area (Å²) < 4.78 is 25.3. The molecule has 2 aromatic rings. The molecule has 1 heterocycles. The molecule has 0 aliphatic heterocycles. The number of aromatic amines is 1. The number of rotatable bonds is 3. The molecule has 1 atom stereocenters. The van der Waals surface area contributed by atoms with E-state index < -0.39 is 15.1 Å². The van der Waals surface area contributed by atoms with Gasteiger partial charge in [-0.2, -0.15) is 5.10 Å². The van der Waals surface area contributed by atoms with Crippen molar-refractivity contribution in [3.05, 3.63) is 40.9 Å². The highest BCUT2D eigenvalue weighted by Gasteiger charge is 2.23. The van der Waals surface area contributed by atoms with Gasteiger partial charge in [-0.05, 0) is 31.3 Å². The Bertz CT molecular complexity index is 701. The largest absolute Gasteiger partial charge is 0.271 e. The maximum Gasteiger partial charge on any atom is 0.199 e. The lowest BCUT2D eigenvalue weighted by Crippen LogP contribution is -2.13. The van der Waals surface area contributed by atoms with Crippen LogP contribution >= 0.6 is 12.2 Å². The summed E-state index contributed by atoms with van der Waals surface area (Å²) >= 11 is 5.15. The molecule has 96 valence electrons. The van der Waals surface area contributed by atoms with E-state index in [1.165, 1.54) is 6.26 Å². The highest BCUT2D eigenvalue weighted by atomic mass is 32.2. The predicted octanol–water partition coefficient (Wildman–Crippen LogP) is 2.04. The van der Waals surface area contributed by atoms with Crippen molar-refractivity contribution in [2.75, 3.05) is 6.26 Å². The van der Waals surface area contributed by atoms with Gasteiger partial charge in [0.05, 0.1) is 0 Å². The van der Waals surface area contributed by atoms with E-state index in [0.717, 1.165) is 5.69 Å². The predicted molar refractivity (Wildman–Crippen MR) is 72.0 cm³/mol. The number of sulfone groups is 1. The van der Waals surface area contributed by atoms with Gasteiger partial charge in [-0.3, -0.25) is 9.67 Å². The molecule has 0 saturated carbocycles. The van der Waals surface area contributed by atoms with Gasteiger partial charge in [0, 0.05) is 11.9 Å². The molecule has 0 bridgehead atoms. The summed E-state index contributed by atoms with van der Waals surface area (Å²) in [4.78, 5) is 0. The summed E-state index contributed by atoms with van der Waals surface area (Å²) in [5.74, 6) is 0.397. The minimum absolute atomic E-state index is 0.381. The molecular formula is C11H13N3O2S2. The molecular weight excluding hydrogens is 270 g/mol. The highest BCUT2D eigenvalue weighted by molar-refractivity contribution is 7.90. The van der Waals surface area contributed by atoms with E-state index >= 15 is 0 Å². The van der Waals surface area contributed by atoms with Crippen molar-refractivity contribution in [3.8, 4) is 5.69 Å². The van der Waals surface area contributed by atoms with Crippen molar-refractivity contribution < 1.29 is 8.42 Å². The number of hydrogen-bond acceptors (Lipinski definition) is 4. The van der Waals surface area contributed by atoms with Gasteiger partial charge in [0.15, 0.2) is 20.4 Å². The van der Waals surface area contributed by atoms with Gasteiger partial charge in [0.25, 0.3) is 0 Å². The minimum atomic E-state index is -3.22. The third-order valence-electron chi connectivity index (χ3n) is 2.72. The number of nitrogens with one attached hydrogen (secondary N) is 1. The number of aromatic nitrogens is 3. The second-order valence-corrected chi connectivity index (χ2v) is 6.78. The first-order valence-corrected chi connectivity index (χ1v) is 7.69. The second-order valence-electron chi connectivity index (χ2n) is 4.03. The van der Waals surface area contributed by atoms with Crippen molar-refractivity contribution >= 4 is 22.1 Å². The summed E-state index contributed by atoms with van der Waals surface area (Å²) in [6.07, 6.45) is 1.19. The molecule has 1 aromatic carbocycles. The van der Waals surface area contributed by atoms with Crippen LogP contribution in [0.3, 0.4) is 0 Å². The average molecular weight is 283 g/mol. The van der Waals surface area contributed by atoms with Gasteiger partial charge in [-0.25, -0.2) is 8.42 Å². The molecule has 1 N–H and O–H groups in total. The normalized spacial score (nSPS) is 13.4. The lowest BCUT2D eigenvalue weighted by atomic mass is 10.3. The molecule has 5 nitrogen and oxygen atoms in total. The van der Waals surface area contributed by atoms with Crippen LogP contribution in [0.2, 0.25) is 0 Å². The van der Waals surface area contributed by atoms with Gasteiger partial charge >= 0.3 is 0 Å². The van der Waals surface area contributed by atoms with Crippen LogP contribution in [-0.4, -0.2) is 29.4 Å². The molecule has 1 aromatic heterocycles. The van der Waals surface area contributed by atoms with Crippen molar-refractivity contribution in [2.45, 2.75) is 12.2 Å². The molecule has 0 radical (unpaired) electrons. The summed E-state index contributed by atoms with van der Waals surface area (Å²) in [5.41, 5.74) is 0.793. The summed E-state index contributed by atoms with van der Waals surface area (Å²) in [5, 5.41) is 5.95. The second kappa shape index (κ2) is 4.66. The number of benzene rings is 1. The van der Waals surface area contributed by atoms with Crippen LogP contribution in [0.25, 0.3) is 5.69 Å².